The van der Waals surface area contributed by atoms with Gasteiger partial charge in [0.1, 0.15) is 5.69 Å². The average Bonchev–Trinajstić information content (AvgIpc) is 3.58. The minimum absolute atomic E-state index is 0.0472. The minimum Gasteiger partial charge on any atom is -0.393 e. The maximum absolute atomic E-state index is 15.8. The number of benzene rings is 1. The van der Waals surface area contributed by atoms with Crippen molar-refractivity contribution >= 4 is 28.6 Å². The average molecular weight is 632 g/mol. The molecule has 6 rings (SSSR count). The van der Waals surface area contributed by atoms with Crippen LogP contribution in [0.15, 0.2) is 36.7 Å². The molecule has 12 heteroatoms. The van der Waals surface area contributed by atoms with Crippen LogP contribution in [0.5, 0.6) is 0 Å². The molecule has 3 aromatic heterocycles. The number of fused-ring (bicyclic) bond motifs is 1. The normalized spacial score (nSPS) is 19.5. The van der Waals surface area contributed by atoms with E-state index in [0.29, 0.717) is 30.4 Å². The van der Waals surface area contributed by atoms with Gasteiger partial charge in [0.05, 0.1) is 28.9 Å². The molecule has 2 fully saturated rings. The molecule has 4 heterocycles. The number of imidazole rings is 1. The van der Waals surface area contributed by atoms with Crippen LogP contribution >= 0.6 is 0 Å². The van der Waals surface area contributed by atoms with Crippen LogP contribution in [0.2, 0.25) is 0 Å². The Balaban J connectivity index is 1.27. The number of nitrogens with one attached hydrogen (secondary N) is 1. The number of anilines is 2. The van der Waals surface area contributed by atoms with Gasteiger partial charge in [0.2, 0.25) is 5.95 Å². The highest BCUT2D eigenvalue weighted by molar-refractivity contribution is 6.05. The molecule has 46 heavy (non-hydrogen) atoms. The fourth-order valence-electron chi connectivity index (χ4n) is 6.86. The van der Waals surface area contributed by atoms with E-state index in [0.717, 1.165) is 74.3 Å². The van der Waals surface area contributed by atoms with Crippen LogP contribution in [0.4, 0.5) is 16.0 Å². The Kier molecular flexibility index (Phi) is 9.39. The van der Waals surface area contributed by atoms with Crippen LogP contribution in [0.3, 0.4) is 0 Å². The molecular formula is C34H46FN9O2. The fourth-order valence-corrected chi connectivity index (χ4v) is 6.86. The van der Waals surface area contributed by atoms with Crippen molar-refractivity contribution in [2.24, 2.45) is 7.05 Å². The number of carbonyl (C=O) groups is 1. The zero-order valence-electron chi connectivity index (χ0n) is 27.6. The van der Waals surface area contributed by atoms with Crippen molar-refractivity contribution in [1.29, 1.82) is 0 Å². The number of halogens is 1. The highest BCUT2D eigenvalue weighted by Gasteiger charge is 2.28. The van der Waals surface area contributed by atoms with Crippen molar-refractivity contribution in [1.82, 2.24) is 34.1 Å². The zero-order valence-corrected chi connectivity index (χ0v) is 27.6. The maximum Gasteiger partial charge on any atom is 0.261 e. The standard InChI is InChI=1S/C34H46FN9O2/c1-22-28(21-37-42(22)5)32-31(35)27(12-15-36-32)33(46)39-34-38-29-11-8-25(20-30(29)44(34)24-6-9-26(45)10-7-24)43-16-13-23(14-17-43)41(4)19-18-40(2)3/h8,11-12,15,20-21,23-24,26,45H,6-7,9-10,13-14,16-19H2,1-5H3,(H,38,39,46)/t24-,26+. The number of hydrogen-bond acceptors (Lipinski definition) is 8. The molecule has 1 aliphatic carbocycles. The van der Waals surface area contributed by atoms with E-state index in [1.165, 1.54) is 12.3 Å². The van der Waals surface area contributed by atoms with Crippen LogP contribution in [0.1, 0.15) is 60.6 Å². The number of aryl methyl sites for hydroxylation is 1. The van der Waals surface area contributed by atoms with Gasteiger partial charge in [-0.15, -0.1) is 0 Å². The van der Waals surface area contributed by atoms with Gasteiger partial charge < -0.3 is 24.4 Å². The maximum atomic E-state index is 15.8. The summed E-state index contributed by atoms with van der Waals surface area (Å²) in [6, 6.07) is 8.30. The van der Waals surface area contributed by atoms with Gasteiger partial charge in [0.25, 0.3) is 5.91 Å². The highest BCUT2D eigenvalue weighted by atomic mass is 19.1. The van der Waals surface area contributed by atoms with Gasteiger partial charge >= 0.3 is 0 Å². The number of nitrogens with zero attached hydrogens (tertiary/aromatic N) is 8. The molecular weight excluding hydrogens is 585 g/mol. The largest absolute Gasteiger partial charge is 0.393 e. The second kappa shape index (κ2) is 13.5. The summed E-state index contributed by atoms with van der Waals surface area (Å²) in [6.07, 6.45) is 7.76. The number of aliphatic hydroxyl groups is 1. The van der Waals surface area contributed by atoms with E-state index in [1.54, 1.807) is 17.9 Å². The van der Waals surface area contributed by atoms with E-state index in [-0.39, 0.29) is 23.4 Å². The third-order valence-electron chi connectivity index (χ3n) is 9.91. The molecule has 1 aromatic carbocycles. The number of piperidine rings is 1. The molecule has 246 valence electrons. The summed E-state index contributed by atoms with van der Waals surface area (Å²) in [5.74, 6) is -0.900. The van der Waals surface area contributed by atoms with Crippen molar-refractivity contribution in [3.8, 4) is 11.3 Å². The van der Waals surface area contributed by atoms with Crippen molar-refractivity contribution in [3.63, 3.8) is 0 Å². The summed E-state index contributed by atoms with van der Waals surface area (Å²) in [5, 5.41) is 17.4. The van der Waals surface area contributed by atoms with E-state index in [1.807, 2.05) is 13.0 Å². The first-order valence-corrected chi connectivity index (χ1v) is 16.4. The number of aromatic nitrogens is 5. The van der Waals surface area contributed by atoms with E-state index in [2.05, 4.69) is 67.9 Å². The van der Waals surface area contributed by atoms with Gasteiger partial charge in [-0.1, -0.05) is 0 Å². The Morgan fingerprint density at radius 2 is 1.80 bits per heavy atom. The molecule has 11 nitrogen and oxygen atoms in total. The van der Waals surface area contributed by atoms with Gasteiger partial charge in [0, 0.05) is 68.5 Å². The lowest BCUT2D eigenvalue weighted by atomic mass is 9.93. The first-order chi connectivity index (χ1) is 22.1. The molecule has 0 unspecified atom stereocenters. The second-order valence-electron chi connectivity index (χ2n) is 13.2. The molecule has 2 aliphatic rings. The molecule has 0 radical (unpaired) electrons. The predicted molar refractivity (Wildman–Crippen MR) is 179 cm³/mol. The lowest BCUT2D eigenvalue weighted by molar-refractivity contribution is 0.101. The lowest BCUT2D eigenvalue weighted by Crippen LogP contribution is -2.45. The number of likely N-dealkylation sites (N-methyl/N-ethyl adjacent to an activating group) is 2. The second-order valence-corrected chi connectivity index (χ2v) is 13.2. The summed E-state index contributed by atoms with van der Waals surface area (Å²) in [6.45, 7) is 5.88. The van der Waals surface area contributed by atoms with Crippen LogP contribution in [-0.4, -0.2) is 105 Å². The number of amides is 1. The van der Waals surface area contributed by atoms with Crippen LogP contribution in [0.25, 0.3) is 22.3 Å². The number of carbonyl (C=O) groups excluding carboxylic acids is 1. The van der Waals surface area contributed by atoms with E-state index in [4.69, 9.17) is 4.98 Å². The quantitative estimate of drug-likeness (QED) is 0.279. The number of aliphatic hydroxyl groups excluding tert-OH is 1. The monoisotopic (exact) mass is 631 g/mol. The van der Waals surface area contributed by atoms with Crippen LogP contribution in [0, 0.1) is 12.7 Å². The summed E-state index contributed by atoms with van der Waals surface area (Å²) in [7, 11) is 8.23. The SMILES string of the molecule is Cc1c(-c2nccc(C(=O)Nc3nc4ccc(N5CCC(N(C)CCN(C)C)CC5)cc4n3[C@H]3CC[C@@H](O)CC3)c2F)cnn1C. The van der Waals surface area contributed by atoms with Gasteiger partial charge in [-0.25, -0.2) is 9.37 Å². The van der Waals surface area contributed by atoms with Crippen molar-refractivity contribution < 1.29 is 14.3 Å². The predicted octanol–water partition coefficient (Wildman–Crippen LogP) is 4.47. The molecule has 0 bridgehead atoms. The zero-order chi connectivity index (χ0) is 32.5. The third kappa shape index (κ3) is 6.51. The van der Waals surface area contributed by atoms with E-state index < -0.39 is 11.7 Å². The van der Waals surface area contributed by atoms with Crippen LogP contribution in [-0.2, 0) is 7.05 Å². The highest BCUT2D eigenvalue weighted by Crippen LogP contribution is 2.37. The smallest absolute Gasteiger partial charge is 0.261 e. The molecule has 0 atom stereocenters. The third-order valence-corrected chi connectivity index (χ3v) is 9.91. The van der Waals surface area contributed by atoms with Gasteiger partial charge in [0.15, 0.2) is 5.82 Å². The molecule has 1 saturated heterocycles. The fraction of sp³-hybridized carbons (Fsp3) is 0.529. The Morgan fingerprint density at radius 1 is 1.07 bits per heavy atom. The lowest BCUT2D eigenvalue weighted by Gasteiger charge is -2.38. The molecule has 1 amide bonds. The summed E-state index contributed by atoms with van der Waals surface area (Å²) >= 11 is 0. The number of rotatable bonds is 9. The number of pyridine rings is 1. The molecule has 1 saturated carbocycles. The first kappa shape index (κ1) is 32.1. The van der Waals surface area contributed by atoms with Crippen molar-refractivity contribution in [2.75, 3.05) is 57.5 Å². The van der Waals surface area contributed by atoms with Gasteiger partial charge in [-0.3, -0.25) is 19.8 Å². The summed E-state index contributed by atoms with van der Waals surface area (Å²) in [4.78, 5) is 29.9. The first-order valence-electron chi connectivity index (χ1n) is 16.4. The van der Waals surface area contributed by atoms with Crippen molar-refractivity contribution in [2.45, 2.75) is 63.6 Å². The Labute approximate surface area is 270 Å². The number of hydrogen-bond donors (Lipinski definition) is 2. The van der Waals surface area contributed by atoms with Gasteiger partial charge in [-0.2, -0.15) is 5.10 Å². The molecule has 1 aliphatic heterocycles. The minimum atomic E-state index is -0.697. The summed E-state index contributed by atoms with van der Waals surface area (Å²) < 4.78 is 19.5. The molecule has 4 aromatic rings. The topological polar surface area (TPSA) is 108 Å². The summed E-state index contributed by atoms with van der Waals surface area (Å²) in [5.41, 5.74) is 4.11. The Hall–Kier alpha value is -3.87. The molecule has 0 spiro atoms. The van der Waals surface area contributed by atoms with E-state index >= 15 is 4.39 Å². The van der Waals surface area contributed by atoms with E-state index in [9.17, 15) is 9.90 Å². The Bertz CT molecular complexity index is 1680. The molecule has 2 N–H and O–H groups in total. The van der Waals surface area contributed by atoms with Crippen molar-refractivity contribution in [3.05, 3.63) is 53.7 Å². The Morgan fingerprint density at radius 3 is 2.48 bits per heavy atom. The van der Waals surface area contributed by atoms with Crippen LogP contribution < -0.4 is 10.2 Å². The van der Waals surface area contributed by atoms with Gasteiger partial charge in [-0.05, 0) is 90.9 Å².